The van der Waals surface area contributed by atoms with Crippen molar-refractivity contribution in [3.8, 4) is 0 Å². The largest absolute Gasteiger partial charge is 0.465 e. The van der Waals surface area contributed by atoms with Crippen molar-refractivity contribution >= 4 is 12.1 Å². The second kappa shape index (κ2) is 8.22. The Hall–Kier alpha value is -1.30. The number of nitrogens with zero attached hydrogens (tertiary/aromatic N) is 1. The summed E-state index contributed by atoms with van der Waals surface area (Å²) in [6.07, 6.45) is 2.73. The van der Waals surface area contributed by atoms with E-state index < -0.39 is 5.60 Å². The first kappa shape index (κ1) is 17.8. The predicted octanol–water partition coefficient (Wildman–Crippen LogP) is 1.93. The van der Waals surface area contributed by atoms with Gasteiger partial charge in [0, 0.05) is 19.1 Å². The highest BCUT2D eigenvalue weighted by molar-refractivity contribution is 5.71. The third-order valence-electron chi connectivity index (χ3n) is 3.21. The van der Waals surface area contributed by atoms with Crippen molar-refractivity contribution in [3.63, 3.8) is 0 Å². The quantitative estimate of drug-likeness (QED) is 0.786. The minimum Gasteiger partial charge on any atom is -0.465 e. The average molecular weight is 300 g/mol. The predicted molar refractivity (Wildman–Crippen MR) is 80.1 cm³/mol. The van der Waals surface area contributed by atoms with Crippen molar-refractivity contribution < 1.29 is 19.1 Å². The highest BCUT2D eigenvalue weighted by Gasteiger charge is 2.30. The molecule has 0 aromatic carbocycles. The van der Waals surface area contributed by atoms with Crippen molar-refractivity contribution in [2.45, 2.75) is 58.6 Å². The van der Waals surface area contributed by atoms with E-state index >= 15 is 0 Å². The van der Waals surface area contributed by atoms with Crippen LogP contribution in [0.1, 0.15) is 47.0 Å². The monoisotopic (exact) mass is 300 g/mol. The zero-order chi connectivity index (χ0) is 15.9. The van der Waals surface area contributed by atoms with Crippen LogP contribution in [-0.2, 0) is 14.3 Å². The summed E-state index contributed by atoms with van der Waals surface area (Å²) < 4.78 is 10.3. The molecule has 0 spiro atoms. The van der Waals surface area contributed by atoms with E-state index in [4.69, 9.17) is 9.47 Å². The second-order valence-electron chi connectivity index (χ2n) is 6.26. The number of amides is 1. The number of ether oxygens (including phenoxy) is 2. The summed E-state index contributed by atoms with van der Waals surface area (Å²) >= 11 is 0. The normalized spacial score (nSPS) is 19.2. The lowest BCUT2D eigenvalue weighted by atomic mass is 10.0. The number of esters is 1. The van der Waals surface area contributed by atoms with Crippen LogP contribution in [0.25, 0.3) is 0 Å². The molecule has 1 saturated heterocycles. The number of likely N-dealkylation sites (tertiary alicyclic amines) is 1. The van der Waals surface area contributed by atoms with E-state index in [0.717, 1.165) is 19.3 Å². The molecule has 1 aliphatic heterocycles. The van der Waals surface area contributed by atoms with Gasteiger partial charge >= 0.3 is 12.1 Å². The molecule has 0 aromatic rings. The lowest BCUT2D eigenvalue weighted by Crippen LogP contribution is -2.50. The maximum atomic E-state index is 12.2. The summed E-state index contributed by atoms with van der Waals surface area (Å²) in [5.41, 5.74) is -0.489. The zero-order valence-corrected chi connectivity index (χ0v) is 13.6. The van der Waals surface area contributed by atoms with Gasteiger partial charge in [-0.1, -0.05) is 0 Å². The smallest absolute Gasteiger partial charge is 0.410 e. The third kappa shape index (κ3) is 6.80. The minimum absolute atomic E-state index is 0.0722. The maximum Gasteiger partial charge on any atom is 0.410 e. The Morgan fingerprint density at radius 2 is 2.00 bits per heavy atom. The molecule has 0 radical (unpaired) electrons. The Balaban J connectivity index is 2.45. The number of piperidine rings is 1. The molecule has 1 aliphatic rings. The van der Waals surface area contributed by atoms with Gasteiger partial charge in [-0.05, 0) is 47.0 Å². The highest BCUT2D eigenvalue weighted by Crippen LogP contribution is 2.19. The Morgan fingerprint density at radius 3 is 2.62 bits per heavy atom. The van der Waals surface area contributed by atoms with Gasteiger partial charge in [-0.25, -0.2) is 4.79 Å². The molecule has 0 saturated carbocycles. The van der Waals surface area contributed by atoms with Crippen LogP contribution in [0.3, 0.4) is 0 Å². The first-order valence-electron chi connectivity index (χ1n) is 7.69. The first-order chi connectivity index (χ1) is 9.83. The van der Waals surface area contributed by atoms with Gasteiger partial charge in [-0.15, -0.1) is 0 Å². The fourth-order valence-corrected chi connectivity index (χ4v) is 2.33. The van der Waals surface area contributed by atoms with E-state index in [1.54, 1.807) is 11.8 Å². The SMILES string of the molecule is CCOC(=O)CNCC1CCCCN1C(=O)OC(C)(C)C. The van der Waals surface area contributed by atoms with Crippen molar-refractivity contribution in [1.29, 1.82) is 0 Å². The van der Waals surface area contributed by atoms with E-state index in [1.165, 1.54) is 0 Å². The number of carbonyl (C=O) groups is 2. The Morgan fingerprint density at radius 1 is 1.29 bits per heavy atom. The van der Waals surface area contributed by atoms with E-state index in [0.29, 0.717) is 19.7 Å². The summed E-state index contributed by atoms with van der Waals surface area (Å²) in [7, 11) is 0. The van der Waals surface area contributed by atoms with E-state index in [9.17, 15) is 9.59 Å². The summed E-state index contributed by atoms with van der Waals surface area (Å²) in [5, 5.41) is 3.06. The standard InChI is InChI=1S/C15H28N2O4/c1-5-20-13(18)11-16-10-12-8-6-7-9-17(12)14(19)21-15(2,3)4/h12,16H,5-11H2,1-4H3. The second-order valence-corrected chi connectivity index (χ2v) is 6.26. The summed E-state index contributed by atoms with van der Waals surface area (Å²) in [5.74, 6) is -0.267. The molecule has 1 unspecified atom stereocenters. The Labute approximate surface area is 127 Å². The molecule has 1 N–H and O–H groups in total. The molecule has 1 fully saturated rings. The molecule has 6 heteroatoms. The topological polar surface area (TPSA) is 67.9 Å². The van der Waals surface area contributed by atoms with Crippen LogP contribution in [0.2, 0.25) is 0 Å². The fourth-order valence-electron chi connectivity index (χ4n) is 2.33. The number of nitrogens with one attached hydrogen (secondary N) is 1. The highest BCUT2D eigenvalue weighted by atomic mass is 16.6. The zero-order valence-electron chi connectivity index (χ0n) is 13.6. The maximum absolute atomic E-state index is 12.2. The van der Waals surface area contributed by atoms with E-state index in [2.05, 4.69) is 5.32 Å². The molecule has 0 aliphatic carbocycles. The third-order valence-corrected chi connectivity index (χ3v) is 3.21. The summed E-state index contributed by atoms with van der Waals surface area (Å²) in [6.45, 7) is 9.22. The van der Waals surface area contributed by atoms with E-state index in [1.807, 2.05) is 20.8 Å². The van der Waals surface area contributed by atoms with Gasteiger partial charge in [-0.2, -0.15) is 0 Å². The van der Waals surface area contributed by atoms with Crippen molar-refractivity contribution in [2.75, 3.05) is 26.2 Å². The van der Waals surface area contributed by atoms with Gasteiger partial charge in [0.05, 0.1) is 13.2 Å². The van der Waals surface area contributed by atoms with Gasteiger partial charge in [0.1, 0.15) is 5.60 Å². The number of hydrogen-bond donors (Lipinski definition) is 1. The molecule has 122 valence electrons. The fraction of sp³-hybridized carbons (Fsp3) is 0.867. The minimum atomic E-state index is -0.489. The van der Waals surface area contributed by atoms with Crippen molar-refractivity contribution in [3.05, 3.63) is 0 Å². The van der Waals surface area contributed by atoms with Gasteiger partial charge in [-0.3, -0.25) is 4.79 Å². The molecule has 1 atom stereocenters. The molecule has 1 amide bonds. The van der Waals surface area contributed by atoms with Crippen LogP contribution < -0.4 is 5.32 Å². The Kier molecular flexibility index (Phi) is 6.95. The molecule has 0 bridgehead atoms. The summed E-state index contributed by atoms with van der Waals surface area (Å²) in [6, 6.07) is 0.0722. The van der Waals surface area contributed by atoms with Crippen LogP contribution >= 0.6 is 0 Å². The average Bonchev–Trinajstić information content (AvgIpc) is 2.37. The molecular weight excluding hydrogens is 272 g/mol. The summed E-state index contributed by atoms with van der Waals surface area (Å²) in [4.78, 5) is 25.3. The van der Waals surface area contributed by atoms with E-state index in [-0.39, 0.29) is 24.6 Å². The molecule has 6 nitrogen and oxygen atoms in total. The molecular formula is C15H28N2O4. The molecule has 21 heavy (non-hydrogen) atoms. The van der Waals surface area contributed by atoms with Gasteiger partial charge in [0.2, 0.25) is 0 Å². The number of rotatable bonds is 5. The van der Waals surface area contributed by atoms with Crippen LogP contribution in [0, 0.1) is 0 Å². The number of carbonyl (C=O) groups excluding carboxylic acids is 2. The lowest BCUT2D eigenvalue weighted by Gasteiger charge is -2.36. The van der Waals surface area contributed by atoms with Gasteiger partial charge in [0.15, 0.2) is 0 Å². The van der Waals surface area contributed by atoms with Crippen LogP contribution in [-0.4, -0.2) is 54.8 Å². The molecule has 1 heterocycles. The number of hydrogen-bond acceptors (Lipinski definition) is 5. The molecule has 0 aromatic heterocycles. The van der Waals surface area contributed by atoms with Gasteiger partial charge < -0.3 is 19.7 Å². The van der Waals surface area contributed by atoms with Gasteiger partial charge in [0.25, 0.3) is 0 Å². The first-order valence-corrected chi connectivity index (χ1v) is 7.69. The van der Waals surface area contributed by atoms with Crippen molar-refractivity contribution in [2.24, 2.45) is 0 Å². The molecule has 1 rings (SSSR count). The van der Waals surface area contributed by atoms with Crippen LogP contribution in [0.4, 0.5) is 4.79 Å². The van der Waals surface area contributed by atoms with Crippen LogP contribution in [0.15, 0.2) is 0 Å². The lowest BCUT2D eigenvalue weighted by molar-refractivity contribution is -0.142. The Bertz CT molecular complexity index is 352. The van der Waals surface area contributed by atoms with Crippen molar-refractivity contribution in [1.82, 2.24) is 10.2 Å². The van der Waals surface area contributed by atoms with Crippen LogP contribution in [0.5, 0.6) is 0 Å².